The van der Waals surface area contributed by atoms with Crippen molar-refractivity contribution in [3.8, 4) is 0 Å². The predicted molar refractivity (Wildman–Crippen MR) is 76.4 cm³/mol. The molecule has 5 heteroatoms. The molecule has 1 amide bonds. The summed E-state index contributed by atoms with van der Waals surface area (Å²) < 4.78 is 5.22. The van der Waals surface area contributed by atoms with Crippen LogP contribution in [-0.4, -0.2) is 36.7 Å². The summed E-state index contributed by atoms with van der Waals surface area (Å²) in [6.07, 6.45) is 2.36. The molecule has 1 atom stereocenters. The summed E-state index contributed by atoms with van der Waals surface area (Å²) in [5.41, 5.74) is -0.854. The highest BCUT2D eigenvalue weighted by Gasteiger charge is 2.40. The minimum absolute atomic E-state index is 0.0438. The highest BCUT2D eigenvalue weighted by Crippen LogP contribution is 2.30. The van der Waals surface area contributed by atoms with E-state index in [-0.39, 0.29) is 12.5 Å². The lowest BCUT2D eigenvalue weighted by Crippen LogP contribution is -2.46. The summed E-state index contributed by atoms with van der Waals surface area (Å²) in [5.74, 6) is -0.0672. The van der Waals surface area contributed by atoms with Gasteiger partial charge in [-0.25, -0.2) is 0 Å². The highest BCUT2D eigenvalue weighted by molar-refractivity contribution is 5.79. The SMILES string of the molecule is CCC(CC(=O)NCC1(C(=O)O)CCOCC1)C(C)C. The molecule has 0 radical (unpaired) electrons. The van der Waals surface area contributed by atoms with Gasteiger partial charge in [0.1, 0.15) is 0 Å². The molecule has 0 aromatic heterocycles. The van der Waals surface area contributed by atoms with Crippen LogP contribution < -0.4 is 5.32 Å². The van der Waals surface area contributed by atoms with Crippen LogP contribution in [0.4, 0.5) is 0 Å². The van der Waals surface area contributed by atoms with Gasteiger partial charge >= 0.3 is 5.97 Å². The lowest BCUT2D eigenvalue weighted by molar-refractivity contribution is -0.154. The Labute approximate surface area is 121 Å². The second-order valence-electron chi connectivity index (χ2n) is 6.09. The standard InChI is InChI=1S/C15H27NO4/c1-4-12(11(2)3)9-13(17)16-10-15(14(18)19)5-7-20-8-6-15/h11-12H,4-10H2,1-3H3,(H,16,17)(H,18,19). The molecule has 2 N–H and O–H groups in total. The number of amides is 1. The Bertz CT molecular complexity index is 335. The number of hydrogen-bond donors (Lipinski definition) is 2. The molecule has 0 spiro atoms. The van der Waals surface area contributed by atoms with E-state index in [0.717, 1.165) is 6.42 Å². The van der Waals surface area contributed by atoms with Crippen LogP contribution in [0.2, 0.25) is 0 Å². The number of hydrogen-bond acceptors (Lipinski definition) is 3. The zero-order valence-electron chi connectivity index (χ0n) is 12.8. The third-order valence-electron chi connectivity index (χ3n) is 4.44. The van der Waals surface area contributed by atoms with Crippen molar-refractivity contribution in [1.29, 1.82) is 0 Å². The number of carboxylic acids is 1. The Morgan fingerprint density at radius 2 is 1.90 bits per heavy atom. The number of rotatable bonds is 7. The number of nitrogens with one attached hydrogen (secondary N) is 1. The Morgan fingerprint density at radius 1 is 1.30 bits per heavy atom. The van der Waals surface area contributed by atoms with Gasteiger partial charge in [0.2, 0.25) is 5.91 Å². The Balaban J connectivity index is 2.51. The molecule has 0 saturated carbocycles. The number of carbonyl (C=O) groups is 2. The van der Waals surface area contributed by atoms with Crippen LogP contribution in [0.15, 0.2) is 0 Å². The smallest absolute Gasteiger partial charge is 0.311 e. The van der Waals surface area contributed by atoms with Crippen LogP contribution in [-0.2, 0) is 14.3 Å². The lowest BCUT2D eigenvalue weighted by atomic mass is 9.80. The van der Waals surface area contributed by atoms with Gasteiger partial charge in [-0.15, -0.1) is 0 Å². The van der Waals surface area contributed by atoms with Crippen LogP contribution in [0.25, 0.3) is 0 Å². The van der Waals surface area contributed by atoms with E-state index < -0.39 is 11.4 Å². The van der Waals surface area contributed by atoms with E-state index in [2.05, 4.69) is 26.1 Å². The first kappa shape index (κ1) is 17.0. The molecule has 1 unspecified atom stereocenters. The summed E-state index contributed by atoms with van der Waals surface area (Å²) in [6.45, 7) is 7.41. The Hall–Kier alpha value is -1.10. The predicted octanol–water partition coefficient (Wildman–Crippen LogP) is 2.06. The molecule has 1 fully saturated rings. The van der Waals surface area contributed by atoms with Crippen LogP contribution in [0.3, 0.4) is 0 Å². The second kappa shape index (κ2) is 7.62. The Morgan fingerprint density at radius 3 is 2.35 bits per heavy atom. The van der Waals surface area contributed by atoms with Crippen molar-refractivity contribution < 1.29 is 19.4 Å². The summed E-state index contributed by atoms with van der Waals surface area (Å²) >= 11 is 0. The zero-order valence-corrected chi connectivity index (χ0v) is 12.8. The van der Waals surface area contributed by atoms with E-state index in [0.29, 0.717) is 44.3 Å². The van der Waals surface area contributed by atoms with Crippen molar-refractivity contribution in [1.82, 2.24) is 5.32 Å². The molecule has 0 aromatic rings. The van der Waals surface area contributed by atoms with Crippen molar-refractivity contribution in [2.45, 2.75) is 46.5 Å². The second-order valence-corrected chi connectivity index (χ2v) is 6.09. The minimum atomic E-state index is -0.854. The maximum absolute atomic E-state index is 12.0. The van der Waals surface area contributed by atoms with Gasteiger partial charge in [-0.2, -0.15) is 0 Å². The molecule has 0 aliphatic carbocycles. The molecule has 0 bridgehead atoms. The normalized spacial score (nSPS) is 19.6. The van der Waals surface area contributed by atoms with Gasteiger partial charge in [0.15, 0.2) is 0 Å². The average molecular weight is 285 g/mol. The van der Waals surface area contributed by atoms with Gasteiger partial charge < -0.3 is 15.2 Å². The molecule has 1 aliphatic rings. The lowest BCUT2D eigenvalue weighted by Gasteiger charge is -2.33. The summed E-state index contributed by atoms with van der Waals surface area (Å²) in [4.78, 5) is 23.5. The largest absolute Gasteiger partial charge is 0.481 e. The topological polar surface area (TPSA) is 75.6 Å². The highest BCUT2D eigenvalue weighted by atomic mass is 16.5. The maximum atomic E-state index is 12.0. The average Bonchev–Trinajstić information content (AvgIpc) is 2.43. The molecule has 20 heavy (non-hydrogen) atoms. The van der Waals surface area contributed by atoms with Crippen molar-refractivity contribution in [2.75, 3.05) is 19.8 Å². The Kier molecular flexibility index (Phi) is 6.46. The van der Waals surface area contributed by atoms with Crippen LogP contribution in [0.1, 0.15) is 46.5 Å². The van der Waals surface area contributed by atoms with Gasteiger partial charge in [-0.3, -0.25) is 9.59 Å². The molecule has 1 saturated heterocycles. The minimum Gasteiger partial charge on any atom is -0.481 e. The molecular formula is C15H27NO4. The number of aliphatic carboxylic acids is 1. The fourth-order valence-electron chi connectivity index (χ4n) is 2.66. The van der Waals surface area contributed by atoms with E-state index in [9.17, 15) is 14.7 Å². The van der Waals surface area contributed by atoms with Crippen LogP contribution in [0.5, 0.6) is 0 Å². The number of carboxylic acid groups (broad SMARTS) is 1. The van der Waals surface area contributed by atoms with Crippen molar-refractivity contribution >= 4 is 11.9 Å². The quantitative estimate of drug-likeness (QED) is 0.750. The van der Waals surface area contributed by atoms with Gasteiger partial charge in [-0.1, -0.05) is 27.2 Å². The number of ether oxygens (including phenoxy) is 1. The summed E-state index contributed by atoms with van der Waals surface area (Å²) in [6, 6.07) is 0. The zero-order chi connectivity index (χ0) is 15.2. The van der Waals surface area contributed by atoms with Gasteiger partial charge in [0.05, 0.1) is 5.41 Å². The molecule has 5 nitrogen and oxygen atoms in total. The van der Waals surface area contributed by atoms with Crippen molar-refractivity contribution in [3.63, 3.8) is 0 Å². The molecule has 116 valence electrons. The molecule has 1 aliphatic heterocycles. The molecule has 1 heterocycles. The first-order chi connectivity index (χ1) is 9.41. The summed E-state index contributed by atoms with van der Waals surface area (Å²) in [7, 11) is 0. The van der Waals surface area contributed by atoms with Crippen molar-refractivity contribution in [2.24, 2.45) is 17.3 Å². The monoisotopic (exact) mass is 285 g/mol. The third kappa shape index (κ3) is 4.47. The fourth-order valence-corrected chi connectivity index (χ4v) is 2.66. The van der Waals surface area contributed by atoms with Crippen LogP contribution >= 0.6 is 0 Å². The fraction of sp³-hybridized carbons (Fsp3) is 0.867. The number of carbonyl (C=O) groups excluding carboxylic acids is 1. The maximum Gasteiger partial charge on any atom is 0.311 e. The van der Waals surface area contributed by atoms with E-state index >= 15 is 0 Å². The molecule has 0 aromatic carbocycles. The molecule has 1 rings (SSSR count). The van der Waals surface area contributed by atoms with Gasteiger partial charge in [0, 0.05) is 26.2 Å². The first-order valence-electron chi connectivity index (χ1n) is 7.49. The van der Waals surface area contributed by atoms with E-state index in [1.165, 1.54) is 0 Å². The van der Waals surface area contributed by atoms with Crippen molar-refractivity contribution in [3.05, 3.63) is 0 Å². The molecular weight excluding hydrogens is 258 g/mol. The van der Waals surface area contributed by atoms with E-state index in [1.54, 1.807) is 0 Å². The first-order valence-corrected chi connectivity index (χ1v) is 7.49. The van der Waals surface area contributed by atoms with Gasteiger partial charge in [-0.05, 0) is 24.7 Å². The van der Waals surface area contributed by atoms with Gasteiger partial charge in [0.25, 0.3) is 0 Å². The third-order valence-corrected chi connectivity index (χ3v) is 4.44. The van der Waals surface area contributed by atoms with E-state index in [4.69, 9.17) is 4.74 Å². The summed E-state index contributed by atoms with van der Waals surface area (Å²) in [5, 5.41) is 12.2. The van der Waals surface area contributed by atoms with Crippen LogP contribution in [0, 0.1) is 17.3 Å². The van der Waals surface area contributed by atoms with E-state index in [1.807, 2.05) is 0 Å².